The molecule has 5 nitrogen and oxygen atoms in total. The van der Waals surface area contributed by atoms with Crippen molar-refractivity contribution in [3.63, 3.8) is 0 Å². The van der Waals surface area contributed by atoms with E-state index in [2.05, 4.69) is 10.3 Å². The van der Waals surface area contributed by atoms with E-state index in [4.69, 9.17) is 23.2 Å². The largest absolute Gasteiger partial charge is 0.340 e. The van der Waals surface area contributed by atoms with Gasteiger partial charge >= 0.3 is 0 Å². The molecule has 1 aromatic heterocycles. The first-order valence-electron chi connectivity index (χ1n) is 7.84. The predicted molar refractivity (Wildman–Crippen MR) is 103 cm³/mol. The lowest BCUT2D eigenvalue weighted by atomic mass is 10.3. The van der Waals surface area contributed by atoms with Crippen molar-refractivity contribution in [3.8, 4) is 0 Å². The van der Waals surface area contributed by atoms with Crippen LogP contribution in [0.3, 0.4) is 0 Å². The minimum Gasteiger partial charge on any atom is -0.340 e. The van der Waals surface area contributed by atoms with Crippen molar-refractivity contribution in [1.29, 1.82) is 0 Å². The van der Waals surface area contributed by atoms with E-state index < -0.39 is 10.0 Å². The van der Waals surface area contributed by atoms with Crippen molar-refractivity contribution in [3.05, 3.63) is 46.6 Å². The van der Waals surface area contributed by atoms with Crippen molar-refractivity contribution in [2.75, 3.05) is 5.32 Å². The summed E-state index contributed by atoms with van der Waals surface area (Å²) >= 11 is 11.9. The summed E-state index contributed by atoms with van der Waals surface area (Å²) < 4.78 is 27.1. The van der Waals surface area contributed by atoms with Gasteiger partial charge in [0, 0.05) is 24.0 Å². The van der Waals surface area contributed by atoms with Gasteiger partial charge in [-0.05, 0) is 58.0 Å². The number of nitrogens with one attached hydrogen (secondary N) is 1. The maximum atomic E-state index is 12.8. The fourth-order valence-electron chi connectivity index (χ4n) is 2.60. The molecule has 0 saturated heterocycles. The monoisotopic (exact) mass is 401 g/mol. The molecule has 1 aromatic carbocycles. The van der Waals surface area contributed by atoms with Gasteiger partial charge in [-0.25, -0.2) is 13.4 Å². The van der Waals surface area contributed by atoms with E-state index in [1.807, 2.05) is 27.7 Å². The summed E-state index contributed by atoms with van der Waals surface area (Å²) in [6.07, 6.45) is 1.35. The Hall–Kier alpha value is -1.34. The Morgan fingerprint density at radius 2 is 1.64 bits per heavy atom. The molecule has 0 atom stereocenters. The molecule has 0 spiro atoms. The number of sulfonamides is 1. The van der Waals surface area contributed by atoms with Gasteiger partial charge in [-0.15, -0.1) is 0 Å². The lowest BCUT2D eigenvalue weighted by molar-refractivity contribution is 0.302. The van der Waals surface area contributed by atoms with E-state index >= 15 is 0 Å². The second-order valence-electron chi connectivity index (χ2n) is 6.16. The van der Waals surface area contributed by atoms with Crippen LogP contribution in [0.2, 0.25) is 10.0 Å². The zero-order valence-electron chi connectivity index (χ0n) is 14.5. The normalized spacial score (nSPS) is 12.2. The van der Waals surface area contributed by atoms with E-state index in [0.29, 0.717) is 21.6 Å². The molecule has 1 heterocycles. The molecule has 0 bridgehead atoms. The van der Waals surface area contributed by atoms with Gasteiger partial charge in [0.25, 0.3) is 0 Å². The van der Waals surface area contributed by atoms with Crippen LogP contribution in [0.15, 0.2) is 41.4 Å². The molecule has 0 aliphatic heterocycles. The highest BCUT2D eigenvalue weighted by atomic mass is 35.5. The van der Waals surface area contributed by atoms with Crippen molar-refractivity contribution in [1.82, 2.24) is 9.29 Å². The van der Waals surface area contributed by atoms with Crippen LogP contribution in [0.1, 0.15) is 27.7 Å². The third kappa shape index (κ3) is 4.64. The van der Waals surface area contributed by atoms with Gasteiger partial charge in [0.05, 0.1) is 10.0 Å². The lowest BCUT2D eigenvalue weighted by Crippen LogP contribution is -2.41. The van der Waals surface area contributed by atoms with E-state index in [-0.39, 0.29) is 17.0 Å². The molecule has 0 saturated carbocycles. The zero-order chi connectivity index (χ0) is 18.8. The van der Waals surface area contributed by atoms with Crippen molar-refractivity contribution < 1.29 is 8.42 Å². The van der Waals surface area contributed by atoms with E-state index in [0.717, 1.165) is 0 Å². The van der Waals surface area contributed by atoms with Crippen LogP contribution in [0.25, 0.3) is 0 Å². The van der Waals surface area contributed by atoms with Crippen molar-refractivity contribution >= 4 is 44.7 Å². The molecule has 0 aliphatic rings. The number of nitrogens with zero attached hydrogens (tertiary/aromatic N) is 2. The molecule has 2 rings (SSSR count). The first-order chi connectivity index (χ1) is 11.6. The number of pyridine rings is 1. The Kier molecular flexibility index (Phi) is 6.32. The van der Waals surface area contributed by atoms with Gasteiger partial charge in [0.15, 0.2) is 0 Å². The summed E-state index contributed by atoms with van der Waals surface area (Å²) in [5.41, 5.74) is 0.712. The number of hydrogen-bond acceptors (Lipinski definition) is 4. The number of aromatic nitrogens is 1. The van der Waals surface area contributed by atoms with E-state index in [1.54, 1.807) is 30.3 Å². The molecule has 2 aromatic rings. The molecule has 0 aliphatic carbocycles. The SMILES string of the molecule is CC(C)N(C(C)C)S(=O)(=O)c1ccc(Nc2ccc(Cl)c(Cl)c2)nc1. The second kappa shape index (κ2) is 7.91. The molecule has 0 fully saturated rings. The maximum absolute atomic E-state index is 12.8. The van der Waals surface area contributed by atoms with Crippen LogP contribution in [-0.4, -0.2) is 29.8 Å². The number of rotatable bonds is 6. The zero-order valence-corrected chi connectivity index (χ0v) is 16.8. The molecular weight excluding hydrogens is 381 g/mol. The first kappa shape index (κ1) is 20.0. The molecule has 25 heavy (non-hydrogen) atoms. The highest BCUT2D eigenvalue weighted by Gasteiger charge is 2.29. The van der Waals surface area contributed by atoms with E-state index in [9.17, 15) is 8.42 Å². The van der Waals surface area contributed by atoms with Crippen LogP contribution in [0.4, 0.5) is 11.5 Å². The van der Waals surface area contributed by atoms with Crippen LogP contribution < -0.4 is 5.32 Å². The lowest BCUT2D eigenvalue weighted by Gasteiger charge is -2.29. The quantitative estimate of drug-likeness (QED) is 0.744. The predicted octanol–water partition coefficient (Wildman–Crippen LogP) is 4.94. The smallest absolute Gasteiger partial charge is 0.245 e. The van der Waals surface area contributed by atoms with Crippen LogP contribution in [0.5, 0.6) is 0 Å². The molecule has 0 radical (unpaired) electrons. The molecule has 0 amide bonds. The van der Waals surface area contributed by atoms with Crippen molar-refractivity contribution in [2.24, 2.45) is 0 Å². The summed E-state index contributed by atoms with van der Waals surface area (Å²) in [7, 11) is -3.60. The Labute approximate surface area is 159 Å². The average Bonchev–Trinajstić information content (AvgIpc) is 2.50. The number of hydrogen-bond donors (Lipinski definition) is 1. The minimum absolute atomic E-state index is 0.140. The molecule has 8 heteroatoms. The van der Waals surface area contributed by atoms with Gasteiger partial charge in [-0.3, -0.25) is 0 Å². The van der Waals surface area contributed by atoms with Gasteiger partial charge in [0.2, 0.25) is 10.0 Å². The molecule has 0 unspecified atom stereocenters. The molecule has 136 valence electrons. The number of anilines is 2. The standard InChI is InChI=1S/C17H21Cl2N3O2S/c1-11(2)22(12(3)4)25(23,24)14-6-8-17(20-10-14)21-13-5-7-15(18)16(19)9-13/h5-12H,1-4H3,(H,20,21). The van der Waals surface area contributed by atoms with Gasteiger partial charge in [-0.1, -0.05) is 23.2 Å². The highest BCUT2D eigenvalue weighted by Crippen LogP contribution is 2.27. The first-order valence-corrected chi connectivity index (χ1v) is 10.0. The summed E-state index contributed by atoms with van der Waals surface area (Å²) in [6.45, 7) is 7.41. The maximum Gasteiger partial charge on any atom is 0.245 e. The molecule has 1 N–H and O–H groups in total. The third-order valence-electron chi connectivity index (χ3n) is 3.52. The summed E-state index contributed by atoms with van der Waals surface area (Å²) in [4.78, 5) is 4.36. The summed E-state index contributed by atoms with van der Waals surface area (Å²) in [6, 6.07) is 8.00. The average molecular weight is 402 g/mol. The third-order valence-corrected chi connectivity index (χ3v) is 6.50. The fourth-order valence-corrected chi connectivity index (χ4v) is 4.68. The second-order valence-corrected chi connectivity index (χ2v) is 8.81. The Bertz CT molecular complexity index is 829. The van der Waals surface area contributed by atoms with Gasteiger partial charge < -0.3 is 5.32 Å². The minimum atomic E-state index is -3.60. The van der Waals surface area contributed by atoms with Crippen LogP contribution >= 0.6 is 23.2 Å². The number of halogens is 2. The number of benzene rings is 1. The van der Waals surface area contributed by atoms with Crippen LogP contribution in [-0.2, 0) is 10.0 Å². The summed E-state index contributed by atoms with van der Waals surface area (Å²) in [5.74, 6) is 0.512. The topological polar surface area (TPSA) is 62.3 Å². The summed E-state index contributed by atoms with van der Waals surface area (Å²) in [5, 5.41) is 3.95. The van der Waals surface area contributed by atoms with Crippen LogP contribution in [0, 0.1) is 0 Å². The van der Waals surface area contributed by atoms with Crippen molar-refractivity contribution in [2.45, 2.75) is 44.7 Å². The van der Waals surface area contributed by atoms with Gasteiger partial charge in [0.1, 0.15) is 10.7 Å². The Balaban J connectivity index is 2.25. The Morgan fingerprint density at radius 3 is 2.12 bits per heavy atom. The fraction of sp³-hybridized carbons (Fsp3) is 0.353. The van der Waals surface area contributed by atoms with Gasteiger partial charge in [-0.2, -0.15) is 4.31 Å². The highest BCUT2D eigenvalue weighted by molar-refractivity contribution is 7.89. The van der Waals surface area contributed by atoms with E-state index in [1.165, 1.54) is 10.5 Å². The Morgan fingerprint density at radius 1 is 1.00 bits per heavy atom. The molecular formula is C17H21Cl2N3O2S.